The lowest BCUT2D eigenvalue weighted by atomic mass is 10.1. The molecule has 0 saturated heterocycles. The number of hydrogen-bond acceptors (Lipinski definition) is 5. The predicted molar refractivity (Wildman–Crippen MR) is 101 cm³/mol. The van der Waals surface area contributed by atoms with E-state index in [1.54, 1.807) is 17.8 Å². The van der Waals surface area contributed by atoms with E-state index in [0.29, 0.717) is 11.4 Å². The van der Waals surface area contributed by atoms with Crippen LogP contribution in [0.25, 0.3) is 0 Å². The number of sulfone groups is 1. The Hall–Kier alpha value is -2.56. The molecule has 2 aromatic carbocycles. The molecule has 1 unspecified atom stereocenters. The lowest BCUT2D eigenvalue weighted by molar-refractivity contribution is 0.562. The molecule has 3 aromatic rings. The number of sulfonamides is 1. The summed E-state index contributed by atoms with van der Waals surface area (Å²) in [4.78, 5) is 3.89. The second kappa shape index (κ2) is 7.46. The summed E-state index contributed by atoms with van der Waals surface area (Å²) in [5.41, 5.74) is 0.485. The lowest BCUT2D eigenvalue weighted by Crippen LogP contribution is -2.31. The van der Waals surface area contributed by atoms with Crippen LogP contribution in [0.3, 0.4) is 0 Å². The molecule has 1 N–H and O–H groups in total. The van der Waals surface area contributed by atoms with Crippen molar-refractivity contribution >= 4 is 19.9 Å². The molecule has 1 aromatic heterocycles. The van der Waals surface area contributed by atoms with Crippen LogP contribution in [0.4, 0.5) is 4.39 Å². The van der Waals surface area contributed by atoms with Gasteiger partial charge in [0.25, 0.3) is 0 Å². The van der Waals surface area contributed by atoms with E-state index in [1.807, 2.05) is 0 Å². The smallest absolute Gasteiger partial charge is 0.241 e. The van der Waals surface area contributed by atoms with E-state index in [1.165, 1.54) is 48.7 Å². The molecule has 28 heavy (non-hydrogen) atoms. The van der Waals surface area contributed by atoms with Crippen LogP contribution in [-0.4, -0.2) is 32.6 Å². The minimum Gasteiger partial charge on any atom is -0.336 e. The number of nitrogens with zero attached hydrogens (tertiary/aromatic N) is 2. The number of nitrogens with one attached hydrogen (secondary N) is 1. The number of aryl methyl sites for hydroxylation is 1. The number of benzene rings is 2. The highest BCUT2D eigenvalue weighted by molar-refractivity contribution is 7.91. The van der Waals surface area contributed by atoms with Crippen LogP contribution in [0.1, 0.15) is 17.4 Å². The minimum absolute atomic E-state index is 0.106. The highest BCUT2D eigenvalue weighted by Gasteiger charge is 2.26. The summed E-state index contributed by atoms with van der Waals surface area (Å²) < 4.78 is 66.9. The van der Waals surface area contributed by atoms with E-state index in [2.05, 4.69) is 9.71 Å². The maximum absolute atomic E-state index is 13.3. The van der Waals surface area contributed by atoms with Gasteiger partial charge in [0.05, 0.1) is 9.79 Å². The summed E-state index contributed by atoms with van der Waals surface area (Å²) in [7, 11) is -5.97. The van der Waals surface area contributed by atoms with Crippen LogP contribution in [0.2, 0.25) is 0 Å². The second-order valence-corrected chi connectivity index (χ2v) is 9.98. The van der Waals surface area contributed by atoms with E-state index in [9.17, 15) is 21.2 Å². The number of aromatic nitrogens is 2. The monoisotopic (exact) mass is 423 g/mol. The summed E-state index contributed by atoms with van der Waals surface area (Å²) in [5, 5.41) is 0. The van der Waals surface area contributed by atoms with Gasteiger partial charge in [0.2, 0.25) is 10.0 Å². The highest BCUT2D eigenvalue weighted by atomic mass is 32.2. The van der Waals surface area contributed by atoms with Crippen molar-refractivity contribution in [3.05, 3.63) is 78.1 Å². The van der Waals surface area contributed by atoms with E-state index in [0.717, 1.165) is 12.3 Å². The number of hydrogen-bond donors (Lipinski definition) is 1. The van der Waals surface area contributed by atoms with Crippen LogP contribution >= 0.6 is 0 Å². The first kappa shape index (κ1) is 20.2. The van der Waals surface area contributed by atoms with E-state index < -0.39 is 31.7 Å². The Kier molecular flexibility index (Phi) is 5.37. The third kappa shape index (κ3) is 4.29. The average molecular weight is 423 g/mol. The fraction of sp³-hybridized carbons (Fsp3) is 0.167. The third-order valence-electron chi connectivity index (χ3n) is 4.14. The summed E-state index contributed by atoms with van der Waals surface area (Å²) in [6.45, 7) is 0. The van der Waals surface area contributed by atoms with Gasteiger partial charge in [-0.15, -0.1) is 0 Å². The Bertz CT molecular complexity index is 1200. The third-order valence-corrected chi connectivity index (χ3v) is 6.67. The molecule has 0 aliphatic carbocycles. The number of rotatable bonds is 6. The maximum Gasteiger partial charge on any atom is 0.241 e. The fourth-order valence-corrected chi connectivity index (χ4v) is 4.64. The predicted octanol–water partition coefficient (Wildman–Crippen LogP) is 2.03. The van der Waals surface area contributed by atoms with E-state index in [-0.39, 0.29) is 9.79 Å². The van der Waals surface area contributed by atoms with Gasteiger partial charge in [-0.1, -0.05) is 18.2 Å². The standard InChI is InChI=1S/C18H18FN3O4S2/c1-22-11-10-20-18(22)17(13-6-8-14(19)9-7-13)21-28(25,26)16-5-3-4-15(12-16)27(2,23)24/h3-12,17,21H,1-2H3. The zero-order valence-corrected chi connectivity index (χ0v) is 16.7. The first-order valence-electron chi connectivity index (χ1n) is 8.13. The van der Waals surface area contributed by atoms with Crippen molar-refractivity contribution in [3.63, 3.8) is 0 Å². The molecule has 1 atom stereocenters. The summed E-state index contributed by atoms with van der Waals surface area (Å²) in [5.74, 6) is -0.0551. The Balaban J connectivity index is 2.05. The SMILES string of the molecule is Cn1ccnc1C(NS(=O)(=O)c1cccc(S(C)(=O)=O)c1)c1ccc(F)cc1. The van der Waals surface area contributed by atoms with Gasteiger partial charge in [-0.05, 0) is 35.9 Å². The van der Waals surface area contributed by atoms with Crippen molar-refractivity contribution in [3.8, 4) is 0 Å². The van der Waals surface area contributed by atoms with Gasteiger partial charge in [-0.3, -0.25) is 0 Å². The molecular weight excluding hydrogens is 405 g/mol. The van der Waals surface area contributed by atoms with Crippen LogP contribution in [0.15, 0.2) is 70.7 Å². The Morgan fingerprint density at radius 1 is 1.04 bits per heavy atom. The fourth-order valence-electron chi connectivity index (χ4n) is 2.68. The largest absolute Gasteiger partial charge is 0.336 e. The van der Waals surface area contributed by atoms with Gasteiger partial charge in [-0.25, -0.2) is 26.2 Å². The first-order chi connectivity index (χ1) is 13.1. The lowest BCUT2D eigenvalue weighted by Gasteiger charge is -2.19. The van der Waals surface area contributed by atoms with Crippen LogP contribution in [0, 0.1) is 5.82 Å². The van der Waals surface area contributed by atoms with Gasteiger partial charge < -0.3 is 4.57 Å². The van der Waals surface area contributed by atoms with Crippen molar-refractivity contribution in [1.82, 2.24) is 14.3 Å². The molecule has 0 amide bonds. The van der Waals surface area contributed by atoms with Crippen molar-refractivity contribution < 1.29 is 21.2 Å². The van der Waals surface area contributed by atoms with Crippen LogP contribution < -0.4 is 4.72 Å². The molecule has 0 radical (unpaired) electrons. The van der Waals surface area contributed by atoms with Gasteiger partial charge in [0, 0.05) is 25.7 Å². The zero-order valence-electron chi connectivity index (χ0n) is 15.1. The van der Waals surface area contributed by atoms with Crippen LogP contribution in [0.5, 0.6) is 0 Å². The molecule has 0 fully saturated rings. The minimum atomic E-state index is -4.10. The molecule has 0 saturated carbocycles. The molecule has 148 valence electrons. The summed E-state index contributed by atoms with van der Waals surface area (Å²) in [6, 6.07) is 9.56. The Morgan fingerprint density at radius 3 is 2.25 bits per heavy atom. The molecule has 0 aliphatic heterocycles. The van der Waals surface area contributed by atoms with Gasteiger partial charge in [-0.2, -0.15) is 4.72 Å². The second-order valence-electron chi connectivity index (χ2n) is 6.25. The highest BCUT2D eigenvalue weighted by Crippen LogP contribution is 2.24. The van der Waals surface area contributed by atoms with Gasteiger partial charge >= 0.3 is 0 Å². The van der Waals surface area contributed by atoms with Crippen molar-refractivity contribution in [2.75, 3.05) is 6.26 Å². The topological polar surface area (TPSA) is 98.1 Å². The average Bonchev–Trinajstić information content (AvgIpc) is 3.06. The summed E-state index contributed by atoms with van der Waals surface area (Å²) in [6.07, 6.45) is 4.18. The molecule has 10 heteroatoms. The maximum atomic E-state index is 13.3. The molecule has 0 spiro atoms. The summed E-state index contributed by atoms with van der Waals surface area (Å²) >= 11 is 0. The Labute approximate surface area is 162 Å². The van der Waals surface area contributed by atoms with Gasteiger partial charge in [0.1, 0.15) is 17.7 Å². The number of imidazole rings is 1. The molecule has 7 nitrogen and oxygen atoms in total. The van der Waals surface area contributed by atoms with E-state index in [4.69, 9.17) is 0 Å². The van der Waals surface area contributed by atoms with E-state index >= 15 is 0 Å². The molecule has 3 rings (SSSR count). The Morgan fingerprint density at radius 2 is 1.68 bits per heavy atom. The molecular formula is C18H18FN3O4S2. The van der Waals surface area contributed by atoms with Crippen LogP contribution in [-0.2, 0) is 26.9 Å². The normalized spacial score (nSPS) is 13.4. The molecule has 0 aliphatic rings. The quantitative estimate of drug-likeness (QED) is 0.654. The molecule has 0 bridgehead atoms. The molecule has 1 heterocycles. The number of halogens is 1. The van der Waals surface area contributed by atoms with Crippen molar-refractivity contribution in [2.24, 2.45) is 7.05 Å². The zero-order chi connectivity index (χ0) is 20.5. The van der Waals surface area contributed by atoms with Gasteiger partial charge in [0.15, 0.2) is 9.84 Å². The first-order valence-corrected chi connectivity index (χ1v) is 11.5. The van der Waals surface area contributed by atoms with Crippen molar-refractivity contribution in [2.45, 2.75) is 15.8 Å². The van der Waals surface area contributed by atoms with Crippen molar-refractivity contribution in [1.29, 1.82) is 0 Å².